The molecule has 1 atom stereocenters. The number of nitrogens with zero attached hydrogens (tertiary/aromatic N) is 2. The van der Waals surface area contributed by atoms with Crippen molar-refractivity contribution in [2.45, 2.75) is 6.42 Å². The molecular formula is C19H17FN4O3. The minimum atomic E-state index is -0.553. The Kier molecular flexibility index (Phi) is 4.23. The highest BCUT2D eigenvalue weighted by Gasteiger charge is 2.37. The van der Waals surface area contributed by atoms with Crippen molar-refractivity contribution in [1.29, 1.82) is 0 Å². The second-order valence-electron chi connectivity index (χ2n) is 6.34. The number of H-pyrrole nitrogens is 1. The van der Waals surface area contributed by atoms with E-state index in [2.05, 4.69) is 15.5 Å². The van der Waals surface area contributed by atoms with Crippen LogP contribution < -0.4 is 15.0 Å². The number of anilines is 2. The molecule has 2 aromatic carbocycles. The van der Waals surface area contributed by atoms with Crippen molar-refractivity contribution in [2.75, 3.05) is 23.9 Å². The van der Waals surface area contributed by atoms with Crippen LogP contribution >= 0.6 is 0 Å². The summed E-state index contributed by atoms with van der Waals surface area (Å²) in [6, 6.07) is 11.5. The summed E-state index contributed by atoms with van der Waals surface area (Å²) < 4.78 is 19.3. The highest BCUT2D eigenvalue weighted by atomic mass is 19.1. The van der Waals surface area contributed by atoms with Gasteiger partial charge in [0.2, 0.25) is 11.8 Å². The molecule has 0 unspecified atom stereocenters. The average Bonchev–Trinajstić information content (AvgIpc) is 3.26. The molecule has 1 aliphatic heterocycles. The summed E-state index contributed by atoms with van der Waals surface area (Å²) >= 11 is 0. The number of benzene rings is 2. The monoisotopic (exact) mass is 368 g/mol. The third-order valence-corrected chi connectivity index (χ3v) is 4.61. The van der Waals surface area contributed by atoms with E-state index >= 15 is 0 Å². The van der Waals surface area contributed by atoms with E-state index in [-0.39, 0.29) is 36.0 Å². The first-order chi connectivity index (χ1) is 13.1. The number of hydrogen-bond acceptors (Lipinski definition) is 4. The standard InChI is InChI=1S/C19H17FN4O3/c1-27-13-5-2-4-12(9-13)21-19(26)11-8-16(25)24(10-11)18-17-14(20)6-3-7-15(17)22-23-18/h2-7,9,11H,8,10H2,1H3,(H,21,26)(H,22,23)/t11-/m1/s1. The van der Waals surface area contributed by atoms with Gasteiger partial charge < -0.3 is 10.1 Å². The van der Waals surface area contributed by atoms with Crippen LogP contribution in [0.2, 0.25) is 0 Å². The van der Waals surface area contributed by atoms with Crippen molar-refractivity contribution >= 4 is 34.2 Å². The van der Waals surface area contributed by atoms with E-state index in [9.17, 15) is 14.0 Å². The summed E-state index contributed by atoms with van der Waals surface area (Å²) in [4.78, 5) is 26.4. The lowest BCUT2D eigenvalue weighted by atomic mass is 10.1. The Morgan fingerprint density at radius 3 is 2.96 bits per heavy atom. The minimum Gasteiger partial charge on any atom is -0.497 e. The average molecular weight is 368 g/mol. The number of methoxy groups -OCH3 is 1. The Labute approximate surface area is 154 Å². The summed E-state index contributed by atoms with van der Waals surface area (Å²) in [5, 5.41) is 9.85. The first kappa shape index (κ1) is 17.0. The zero-order valence-corrected chi connectivity index (χ0v) is 14.5. The first-order valence-corrected chi connectivity index (χ1v) is 8.44. The van der Waals surface area contributed by atoms with E-state index in [1.807, 2.05) is 0 Å². The van der Waals surface area contributed by atoms with Crippen LogP contribution in [0.25, 0.3) is 10.9 Å². The maximum absolute atomic E-state index is 14.2. The van der Waals surface area contributed by atoms with Gasteiger partial charge >= 0.3 is 0 Å². The lowest BCUT2D eigenvalue weighted by molar-refractivity contribution is -0.122. The molecular weight excluding hydrogens is 351 g/mol. The predicted molar refractivity (Wildman–Crippen MR) is 98.1 cm³/mol. The van der Waals surface area contributed by atoms with E-state index in [0.717, 1.165) is 0 Å². The molecule has 138 valence electrons. The van der Waals surface area contributed by atoms with Crippen molar-refractivity contribution in [2.24, 2.45) is 5.92 Å². The van der Waals surface area contributed by atoms with Gasteiger partial charge in [0.25, 0.3) is 0 Å². The number of aromatic nitrogens is 2. The van der Waals surface area contributed by atoms with Gasteiger partial charge in [0.05, 0.1) is 23.9 Å². The molecule has 8 heteroatoms. The number of fused-ring (bicyclic) bond motifs is 1. The Morgan fingerprint density at radius 2 is 2.15 bits per heavy atom. The van der Waals surface area contributed by atoms with Gasteiger partial charge in [-0.15, -0.1) is 0 Å². The number of carbonyl (C=O) groups excluding carboxylic acids is 2. The van der Waals surface area contributed by atoms with Crippen molar-refractivity contribution in [3.63, 3.8) is 0 Å². The van der Waals surface area contributed by atoms with E-state index in [4.69, 9.17) is 4.74 Å². The molecule has 0 saturated carbocycles. The van der Waals surface area contributed by atoms with Crippen molar-refractivity contribution in [3.05, 3.63) is 48.3 Å². The van der Waals surface area contributed by atoms with Crippen LogP contribution in [-0.4, -0.2) is 35.7 Å². The normalized spacial score (nSPS) is 16.7. The Balaban J connectivity index is 1.54. The van der Waals surface area contributed by atoms with Gasteiger partial charge in [0, 0.05) is 24.7 Å². The zero-order valence-electron chi connectivity index (χ0n) is 14.5. The number of ether oxygens (including phenoxy) is 1. The molecule has 2 heterocycles. The van der Waals surface area contributed by atoms with E-state index in [1.165, 1.54) is 11.0 Å². The summed E-state index contributed by atoms with van der Waals surface area (Å²) in [6.07, 6.45) is 0.0403. The minimum absolute atomic E-state index is 0.0403. The topological polar surface area (TPSA) is 87.3 Å². The van der Waals surface area contributed by atoms with Crippen LogP contribution in [0.1, 0.15) is 6.42 Å². The number of aromatic amines is 1. The Hall–Kier alpha value is -3.42. The van der Waals surface area contributed by atoms with Crippen LogP contribution in [0.5, 0.6) is 5.75 Å². The molecule has 0 bridgehead atoms. The molecule has 4 rings (SSSR count). The Morgan fingerprint density at radius 1 is 1.33 bits per heavy atom. The fourth-order valence-corrected chi connectivity index (χ4v) is 3.24. The second kappa shape index (κ2) is 6.71. The van der Waals surface area contributed by atoms with Crippen molar-refractivity contribution < 1.29 is 18.7 Å². The van der Waals surface area contributed by atoms with E-state index in [0.29, 0.717) is 17.0 Å². The maximum atomic E-state index is 14.2. The first-order valence-electron chi connectivity index (χ1n) is 8.44. The van der Waals surface area contributed by atoms with Gasteiger partial charge in [0.1, 0.15) is 11.6 Å². The quantitative estimate of drug-likeness (QED) is 0.741. The molecule has 0 radical (unpaired) electrons. The molecule has 2 amide bonds. The molecule has 0 aliphatic carbocycles. The van der Waals surface area contributed by atoms with E-state index < -0.39 is 11.7 Å². The van der Waals surface area contributed by atoms with Crippen LogP contribution in [0, 0.1) is 11.7 Å². The lowest BCUT2D eigenvalue weighted by Gasteiger charge is -2.14. The van der Waals surface area contributed by atoms with Crippen LogP contribution in [0.15, 0.2) is 42.5 Å². The maximum Gasteiger partial charge on any atom is 0.229 e. The predicted octanol–water partition coefficient (Wildman–Crippen LogP) is 2.70. The summed E-state index contributed by atoms with van der Waals surface area (Å²) in [6.45, 7) is 0.142. The number of halogens is 1. The molecule has 3 aromatic rings. The molecule has 1 saturated heterocycles. The molecule has 2 N–H and O–H groups in total. The highest BCUT2D eigenvalue weighted by Crippen LogP contribution is 2.31. The Bertz CT molecular complexity index is 1030. The van der Waals surface area contributed by atoms with Crippen molar-refractivity contribution in [3.8, 4) is 5.75 Å². The summed E-state index contributed by atoms with van der Waals surface area (Å²) in [5.74, 6) is -0.729. The third-order valence-electron chi connectivity index (χ3n) is 4.61. The number of carbonyl (C=O) groups is 2. The third kappa shape index (κ3) is 3.10. The van der Waals surface area contributed by atoms with Crippen LogP contribution in [-0.2, 0) is 9.59 Å². The van der Waals surface area contributed by atoms with Gasteiger partial charge in [-0.05, 0) is 24.3 Å². The van der Waals surface area contributed by atoms with Crippen LogP contribution in [0.4, 0.5) is 15.9 Å². The van der Waals surface area contributed by atoms with E-state index in [1.54, 1.807) is 43.5 Å². The molecule has 27 heavy (non-hydrogen) atoms. The molecule has 1 fully saturated rings. The van der Waals surface area contributed by atoms with Gasteiger partial charge in [-0.3, -0.25) is 19.6 Å². The smallest absolute Gasteiger partial charge is 0.229 e. The number of rotatable bonds is 4. The SMILES string of the molecule is COc1cccc(NC(=O)[C@@H]2CC(=O)N(c3n[nH]c4cccc(F)c34)C2)c1. The van der Waals surface area contributed by atoms with Gasteiger partial charge in [0.15, 0.2) is 5.82 Å². The second-order valence-corrected chi connectivity index (χ2v) is 6.34. The molecule has 1 aromatic heterocycles. The highest BCUT2D eigenvalue weighted by molar-refractivity contribution is 6.07. The summed E-state index contributed by atoms with van der Waals surface area (Å²) in [7, 11) is 1.54. The lowest BCUT2D eigenvalue weighted by Crippen LogP contribution is -2.28. The summed E-state index contributed by atoms with van der Waals surface area (Å²) in [5.41, 5.74) is 1.09. The van der Waals surface area contributed by atoms with Crippen LogP contribution in [0.3, 0.4) is 0 Å². The van der Waals surface area contributed by atoms with Gasteiger partial charge in [-0.1, -0.05) is 12.1 Å². The number of hydrogen-bond donors (Lipinski definition) is 2. The fraction of sp³-hybridized carbons (Fsp3) is 0.211. The largest absolute Gasteiger partial charge is 0.497 e. The molecule has 0 spiro atoms. The fourth-order valence-electron chi connectivity index (χ4n) is 3.24. The zero-order chi connectivity index (χ0) is 19.0. The molecule has 1 aliphatic rings. The molecule has 7 nitrogen and oxygen atoms in total. The van der Waals surface area contributed by atoms with Crippen molar-refractivity contribution in [1.82, 2.24) is 10.2 Å². The van der Waals surface area contributed by atoms with Gasteiger partial charge in [-0.25, -0.2) is 4.39 Å². The van der Waals surface area contributed by atoms with Gasteiger partial charge in [-0.2, -0.15) is 5.10 Å². The number of amides is 2. The number of nitrogens with one attached hydrogen (secondary N) is 2.